The van der Waals surface area contributed by atoms with Crippen LogP contribution in [0.25, 0.3) is 0 Å². The molecule has 0 saturated carbocycles. The van der Waals surface area contributed by atoms with Crippen LogP contribution in [0.15, 0.2) is 24.3 Å². The minimum Gasteiger partial charge on any atom is -0.462 e. The van der Waals surface area contributed by atoms with E-state index in [1.54, 1.807) is 0 Å². The van der Waals surface area contributed by atoms with Crippen LogP contribution in [0.3, 0.4) is 0 Å². The van der Waals surface area contributed by atoms with Gasteiger partial charge in [-0.2, -0.15) is 0 Å². The lowest BCUT2D eigenvalue weighted by molar-refractivity contribution is -0.167. The summed E-state index contributed by atoms with van der Waals surface area (Å²) in [7, 11) is 0. The first-order valence-electron chi connectivity index (χ1n) is 34.8. The first-order chi connectivity index (χ1) is 38.0. The molecule has 0 aromatic heterocycles. The first-order valence-corrected chi connectivity index (χ1v) is 34.8. The minimum absolute atomic E-state index is 0.0640. The Morgan fingerprint density at radius 2 is 0.468 bits per heavy atom. The van der Waals surface area contributed by atoms with E-state index in [1.165, 1.54) is 289 Å². The molecule has 6 heteroatoms. The van der Waals surface area contributed by atoms with Crippen molar-refractivity contribution in [1.29, 1.82) is 0 Å². The SMILES string of the molecule is CCCCCCC/C=C\C/C=C\CCCCCCCCCCCCCCCCCC(=O)OCC(COC(=O)CCCCCCCCCCCCC)OC(=O)CCCCCCCCCCCCCCCCCCCCCCC. The molecule has 1 atom stereocenters. The van der Waals surface area contributed by atoms with Crippen molar-refractivity contribution in [2.75, 3.05) is 13.2 Å². The number of rotatable bonds is 65. The fourth-order valence-corrected chi connectivity index (χ4v) is 10.7. The van der Waals surface area contributed by atoms with E-state index in [2.05, 4.69) is 45.1 Å². The Labute approximate surface area is 481 Å². The average Bonchev–Trinajstić information content (AvgIpc) is 3.43. The fourth-order valence-electron chi connectivity index (χ4n) is 10.7. The lowest BCUT2D eigenvalue weighted by atomic mass is 10.0. The van der Waals surface area contributed by atoms with E-state index in [0.29, 0.717) is 19.3 Å². The molecule has 0 saturated heterocycles. The summed E-state index contributed by atoms with van der Waals surface area (Å²) in [5, 5.41) is 0. The smallest absolute Gasteiger partial charge is 0.306 e. The molecule has 0 heterocycles. The van der Waals surface area contributed by atoms with Crippen molar-refractivity contribution in [2.45, 2.75) is 399 Å². The van der Waals surface area contributed by atoms with Crippen LogP contribution in [0.1, 0.15) is 393 Å². The van der Waals surface area contributed by atoms with Gasteiger partial charge in [0.1, 0.15) is 13.2 Å². The van der Waals surface area contributed by atoms with Crippen molar-refractivity contribution in [2.24, 2.45) is 0 Å². The molecule has 0 bridgehead atoms. The van der Waals surface area contributed by atoms with Crippen molar-refractivity contribution >= 4 is 17.9 Å². The number of hydrogen-bond donors (Lipinski definition) is 0. The van der Waals surface area contributed by atoms with Crippen LogP contribution in [0.4, 0.5) is 0 Å². The highest BCUT2D eigenvalue weighted by atomic mass is 16.6. The Kier molecular flexibility index (Phi) is 64.6. The maximum absolute atomic E-state index is 12.9. The molecule has 0 aromatic rings. The van der Waals surface area contributed by atoms with Gasteiger partial charge in [-0.05, 0) is 51.4 Å². The topological polar surface area (TPSA) is 78.9 Å². The first kappa shape index (κ1) is 74.9. The molecule has 0 aliphatic heterocycles. The summed E-state index contributed by atoms with van der Waals surface area (Å²) in [6.45, 7) is 6.70. The van der Waals surface area contributed by atoms with E-state index in [1.807, 2.05) is 0 Å². The summed E-state index contributed by atoms with van der Waals surface area (Å²) < 4.78 is 17.0. The predicted molar refractivity (Wildman–Crippen MR) is 335 cm³/mol. The third-order valence-corrected chi connectivity index (χ3v) is 16.0. The summed E-state index contributed by atoms with van der Waals surface area (Å²) in [5.41, 5.74) is 0. The zero-order valence-electron chi connectivity index (χ0n) is 52.3. The van der Waals surface area contributed by atoms with E-state index < -0.39 is 6.10 Å². The van der Waals surface area contributed by atoms with Gasteiger partial charge in [-0.25, -0.2) is 0 Å². The standard InChI is InChI=1S/C71H134O6/c1-4-7-10-13-16-19-22-24-26-28-30-32-33-34-35-36-37-39-40-42-44-46-49-52-55-58-61-64-70(73)76-67-68(66-75-69(72)63-60-57-54-51-48-21-18-15-12-9-6-3)77-71(74)65-62-59-56-53-50-47-45-43-41-38-31-29-27-25-23-20-17-14-11-8-5-2/h22,24,28,30,68H,4-21,23,25-27,29,31-67H2,1-3H3/b24-22-,30-28-. The van der Waals surface area contributed by atoms with Crippen molar-refractivity contribution in [3.05, 3.63) is 24.3 Å². The maximum Gasteiger partial charge on any atom is 0.306 e. The molecule has 0 amide bonds. The molecule has 0 aliphatic rings. The zero-order chi connectivity index (χ0) is 55.7. The molecule has 1 unspecified atom stereocenters. The molecule has 0 aliphatic carbocycles. The third kappa shape index (κ3) is 64.6. The summed E-state index contributed by atoms with van der Waals surface area (Å²) in [6.07, 6.45) is 80.7. The maximum atomic E-state index is 12.9. The van der Waals surface area contributed by atoms with Gasteiger partial charge in [-0.3, -0.25) is 14.4 Å². The van der Waals surface area contributed by atoms with Gasteiger partial charge in [0.15, 0.2) is 6.10 Å². The summed E-state index contributed by atoms with van der Waals surface area (Å²) in [5.74, 6) is -0.833. The molecule has 0 fully saturated rings. The third-order valence-electron chi connectivity index (χ3n) is 16.0. The van der Waals surface area contributed by atoms with Gasteiger partial charge in [-0.15, -0.1) is 0 Å². The summed E-state index contributed by atoms with van der Waals surface area (Å²) in [6, 6.07) is 0. The second-order valence-electron chi connectivity index (χ2n) is 23.8. The summed E-state index contributed by atoms with van der Waals surface area (Å²) in [4.78, 5) is 38.3. The lowest BCUT2D eigenvalue weighted by Gasteiger charge is -2.18. The van der Waals surface area contributed by atoms with Crippen LogP contribution in [-0.4, -0.2) is 37.2 Å². The lowest BCUT2D eigenvalue weighted by Crippen LogP contribution is -2.30. The highest BCUT2D eigenvalue weighted by Gasteiger charge is 2.19. The van der Waals surface area contributed by atoms with Crippen LogP contribution >= 0.6 is 0 Å². The zero-order valence-corrected chi connectivity index (χ0v) is 52.3. The van der Waals surface area contributed by atoms with Gasteiger partial charge in [0.05, 0.1) is 0 Å². The minimum atomic E-state index is -0.766. The second kappa shape index (κ2) is 66.4. The molecule has 0 aromatic carbocycles. The van der Waals surface area contributed by atoms with Crippen LogP contribution < -0.4 is 0 Å². The van der Waals surface area contributed by atoms with Crippen molar-refractivity contribution in [1.82, 2.24) is 0 Å². The Bertz CT molecular complexity index is 1240. The molecule has 0 radical (unpaired) electrons. The Hall–Kier alpha value is -2.11. The van der Waals surface area contributed by atoms with Gasteiger partial charge >= 0.3 is 17.9 Å². The highest BCUT2D eigenvalue weighted by Crippen LogP contribution is 2.19. The molecule has 0 rings (SSSR count). The number of ether oxygens (including phenoxy) is 3. The van der Waals surface area contributed by atoms with Gasteiger partial charge in [0, 0.05) is 19.3 Å². The van der Waals surface area contributed by atoms with Crippen LogP contribution in [0.5, 0.6) is 0 Å². The van der Waals surface area contributed by atoms with E-state index >= 15 is 0 Å². The van der Waals surface area contributed by atoms with Crippen molar-refractivity contribution in [3.8, 4) is 0 Å². The number of esters is 3. The number of hydrogen-bond acceptors (Lipinski definition) is 6. The Balaban J connectivity index is 4.16. The largest absolute Gasteiger partial charge is 0.462 e. The Morgan fingerprint density at radius 3 is 0.714 bits per heavy atom. The van der Waals surface area contributed by atoms with Crippen LogP contribution in [-0.2, 0) is 28.6 Å². The monoisotopic (exact) mass is 1080 g/mol. The quantitative estimate of drug-likeness (QED) is 0.0261. The van der Waals surface area contributed by atoms with Gasteiger partial charge in [0.25, 0.3) is 0 Å². The molecular weight excluding hydrogens is 949 g/mol. The van der Waals surface area contributed by atoms with E-state index in [-0.39, 0.29) is 31.1 Å². The van der Waals surface area contributed by atoms with Gasteiger partial charge < -0.3 is 14.2 Å². The van der Waals surface area contributed by atoms with E-state index in [0.717, 1.165) is 64.2 Å². The van der Waals surface area contributed by atoms with Crippen LogP contribution in [0.2, 0.25) is 0 Å². The van der Waals surface area contributed by atoms with Crippen molar-refractivity contribution < 1.29 is 28.6 Å². The van der Waals surface area contributed by atoms with Gasteiger partial charge in [0.2, 0.25) is 0 Å². The fraction of sp³-hybridized carbons (Fsp3) is 0.901. The van der Waals surface area contributed by atoms with E-state index in [4.69, 9.17) is 14.2 Å². The Morgan fingerprint density at radius 1 is 0.260 bits per heavy atom. The highest BCUT2D eigenvalue weighted by molar-refractivity contribution is 5.71. The van der Waals surface area contributed by atoms with E-state index in [9.17, 15) is 14.4 Å². The molecule has 0 spiro atoms. The summed E-state index contributed by atoms with van der Waals surface area (Å²) >= 11 is 0. The second-order valence-corrected chi connectivity index (χ2v) is 23.8. The van der Waals surface area contributed by atoms with Crippen molar-refractivity contribution in [3.63, 3.8) is 0 Å². The average molecular weight is 1080 g/mol. The molecule has 6 nitrogen and oxygen atoms in total. The number of allylic oxidation sites excluding steroid dienone is 4. The normalized spacial score (nSPS) is 12.1. The molecule has 77 heavy (non-hydrogen) atoms. The molecular formula is C71H134O6. The number of carbonyl (C=O) groups is 3. The van der Waals surface area contributed by atoms with Gasteiger partial charge in [-0.1, -0.05) is 347 Å². The van der Waals surface area contributed by atoms with Crippen LogP contribution in [0, 0.1) is 0 Å². The number of carbonyl (C=O) groups excluding carboxylic acids is 3. The molecule has 454 valence electrons. The predicted octanol–water partition coefficient (Wildman–Crippen LogP) is 23.8. The molecule has 0 N–H and O–H groups in total. The number of unbranched alkanes of at least 4 members (excludes halogenated alkanes) is 50.